The third-order valence-electron chi connectivity index (χ3n) is 10.3. The fraction of sp³-hybridized carbons (Fsp3) is 0. The van der Waals surface area contributed by atoms with Gasteiger partial charge in [-0.05, 0) is 82.9 Å². The maximum absolute atomic E-state index is 5.16. The van der Waals surface area contributed by atoms with Crippen LogP contribution in [0.1, 0.15) is 0 Å². The molecule has 0 atom stereocenters. The average Bonchev–Trinajstić information content (AvgIpc) is 3.95. The molecule has 54 heavy (non-hydrogen) atoms. The van der Waals surface area contributed by atoms with Gasteiger partial charge in [-0.3, -0.25) is 0 Å². The molecule has 0 fully saturated rings. The van der Waals surface area contributed by atoms with Crippen LogP contribution >= 0.6 is 34.0 Å². The van der Waals surface area contributed by atoms with Crippen molar-refractivity contribution in [1.82, 2.24) is 4.98 Å². The molecule has 0 bridgehead atoms. The summed E-state index contributed by atoms with van der Waals surface area (Å²) in [4.78, 5) is 7.58. The van der Waals surface area contributed by atoms with E-state index in [2.05, 4.69) is 187 Å². The van der Waals surface area contributed by atoms with Crippen molar-refractivity contribution in [3.05, 3.63) is 182 Å². The van der Waals surface area contributed by atoms with E-state index in [-0.39, 0.29) is 0 Å². The Morgan fingerprint density at radius 1 is 0.352 bits per heavy atom. The molecule has 3 aromatic heterocycles. The molecule has 0 aliphatic heterocycles. The van der Waals surface area contributed by atoms with Crippen molar-refractivity contribution in [1.29, 1.82) is 0 Å². The van der Waals surface area contributed by atoms with Gasteiger partial charge >= 0.3 is 0 Å². The molecule has 2 nitrogen and oxygen atoms in total. The lowest BCUT2D eigenvalue weighted by molar-refractivity contribution is 1.30. The Balaban J connectivity index is 1.00. The Hall–Kier alpha value is -6.11. The molecule has 0 amide bonds. The van der Waals surface area contributed by atoms with Gasteiger partial charge in [-0.1, -0.05) is 121 Å². The van der Waals surface area contributed by atoms with E-state index in [4.69, 9.17) is 4.98 Å². The van der Waals surface area contributed by atoms with Gasteiger partial charge in [0, 0.05) is 57.3 Å². The van der Waals surface area contributed by atoms with Crippen molar-refractivity contribution < 1.29 is 0 Å². The summed E-state index contributed by atoms with van der Waals surface area (Å²) in [5.41, 5.74) is 10.5. The molecule has 0 spiro atoms. The second-order valence-electron chi connectivity index (χ2n) is 13.5. The van der Waals surface area contributed by atoms with Gasteiger partial charge in [0.25, 0.3) is 0 Å². The Bertz CT molecular complexity index is 3140. The standard InChI is InChI=1S/C49H30N2S3/c1-3-10-31(11-4-1)32-18-23-36(24-19-32)51(40-15-9-17-42-46(40)38-14-7-8-16-41(38)52-42)37-25-20-33(21-26-37)35-22-27-39-45(30-35)53-43-28-29-44-48(47(39)43)50-49(54-44)34-12-5-2-6-13-34/h1-30H. The van der Waals surface area contributed by atoms with Crippen LogP contribution in [0.5, 0.6) is 0 Å². The zero-order chi connectivity index (χ0) is 35.6. The zero-order valence-electron chi connectivity index (χ0n) is 28.9. The van der Waals surface area contributed by atoms with Gasteiger partial charge in [0.1, 0.15) is 5.01 Å². The molecule has 0 unspecified atom stereocenters. The fourth-order valence-electron chi connectivity index (χ4n) is 7.74. The largest absolute Gasteiger partial charge is 0.310 e. The molecular formula is C49H30N2S3. The molecule has 5 heteroatoms. The Morgan fingerprint density at radius 2 is 0.907 bits per heavy atom. The van der Waals surface area contributed by atoms with Crippen LogP contribution in [0.3, 0.4) is 0 Å². The molecular weight excluding hydrogens is 713 g/mol. The highest BCUT2D eigenvalue weighted by Crippen LogP contribution is 2.46. The van der Waals surface area contributed by atoms with Gasteiger partial charge in [0.2, 0.25) is 0 Å². The van der Waals surface area contributed by atoms with Crippen molar-refractivity contribution in [2.75, 3.05) is 4.90 Å². The molecule has 11 aromatic rings. The predicted molar refractivity (Wildman–Crippen MR) is 236 cm³/mol. The van der Waals surface area contributed by atoms with E-state index < -0.39 is 0 Å². The number of nitrogens with zero attached hydrogens (tertiary/aromatic N) is 2. The van der Waals surface area contributed by atoms with Crippen LogP contribution in [0.25, 0.3) is 83.4 Å². The van der Waals surface area contributed by atoms with E-state index in [9.17, 15) is 0 Å². The normalized spacial score (nSPS) is 11.7. The van der Waals surface area contributed by atoms with Crippen LogP contribution in [-0.2, 0) is 0 Å². The molecule has 0 saturated carbocycles. The van der Waals surface area contributed by atoms with Crippen molar-refractivity contribution in [2.24, 2.45) is 0 Å². The SMILES string of the molecule is c1ccc(-c2ccc(N(c3ccc(-c4ccc5c(c4)sc4ccc6sc(-c7ccccc7)nc6c45)cc3)c3cccc4sc5ccccc5c34)cc2)cc1. The van der Waals surface area contributed by atoms with Gasteiger partial charge in [-0.2, -0.15) is 0 Å². The Labute approximate surface area is 324 Å². The lowest BCUT2D eigenvalue weighted by atomic mass is 10.0. The minimum atomic E-state index is 1.07. The first-order valence-corrected chi connectivity index (χ1v) is 20.5. The van der Waals surface area contributed by atoms with E-state index in [1.807, 2.05) is 22.7 Å². The summed E-state index contributed by atoms with van der Waals surface area (Å²) in [6.45, 7) is 0. The molecule has 0 aliphatic carbocycles. The average molecular weight is 743 g/mol. The van der Waals surface area contributed by atoms with Crippen LogP contribution in [0.2, 0.25) is 0 Å². The first-order valence-electron chi connectivity index (χ1n) is 18.0. The quantitative estimate of drug-likeness (QED) is 0.169. The van der Waals surface area contributed by atoms with Gasteiger partial charge in [-0.25, -0.2) is 4.98 Å². The second-order valence-corrected chi connectivity index (χ2v) is 16.7. The number of thiazole rings is 1. The highest BCUT2D eigenvalue weighted by atomic mass is 32.1. The number of aromatic nitrogens is 1. The first-order chi connectivity index (χ1) is 26.7. The molecule has 11 rings (SSSR count). The van der Waals surface area contributed by atoms with Crippen LogP contribution < -0.4 is 4.90 Å². The lowest BCUT2D eigenvalue weighted by Crippen LogP contribution is -2.10. The summed E-state index contributed by atoms with van der Waals surface area (Å²) in [7, 11) is 0. The minimum Gasteiger partial charge on any atom is -0.310 e. The van der Waals surface area contributed by atoms with Crippen molar-refractivity contribution >= 4 is 102 Å². The van der Waals surface area contributed by atoms with Crippen LogP contribution in [-0.4, -0.2) is 4.98 Å². The van der Waals surface area contributed by atoms with Crippen LogP contribution in [0.15, 0.2) is 182 Å². The maximum atomic E-state index is 5.16. The van der Waals surface area contributed by atoms with Crippen molar-refractivity contribution in [3.63, 3.8) is 0 Å². The van der Waals surface area contributed by atoms with Gasteiger partial charge in [0.05, 0.1) is 15.9 Å². The topological polar surface area (TPSA) is 16.1 Å². The van der Waals surface area contributed by atoms with Crippen LogP contribution in [0.4, 0.5) is 17.1 Å². The minimum absolute atomic E-state index is 1.07. The van der Waals surface area contributed by atoms with E-state index >= 15 is 0 Å². The van der Waals surface area contributed by atoms with Crippen LogP contribution in [0, 0.1) is 0 Å². The zero-order valence-corrected chi connectivity index (χ0v) is 31.4. The first kappa shape index (κ1) is 31.4. The predicted octanol–water partition coefficient (Wildman–Crippen LogP) is 15.5. The number of thiophene rings is 2. The highest BCUT2D eigenvalue weighted by Gasteiger charge is 2.19. The van der Waals surface area contributed by atoms with E-state index in [0.29, 0.717) is 0 Å². The Morgan fingerprint density at radius 3 is 1.67 bits per heavy atom. The highest BCUT2D eigenvalue weighted by molar-refractivity contribution is 7.27. The summed E-state index contributed by atoms with van der Waals surface area (Å²) in [6, 6.07) is 66.0. The van der Waals surface area contributed by atoms with E-state index in [0.717, 1.165) is 21.9 Å². The number of benzene rings is 8. The smallest absolute Gasteiger partial charge is 0.124 e. The van der Waals surface area contributed by atoms with E-state index in [1.54, 1.807) is 11.3 Å². The number of rotatable bonds is 6. The molecule has 0 saturated heterocycles. The summed E-state index contributed by atoms with van der Waals surface area (Å²) in [6.07, 6.45) is 0. The summed E-state index contributed by atoms with van der Waals surface area (Å²) >= 11 is 5.48. The molecule has 254 valence electrons. The maximum Gasteiger partial charge on any atom is 0.124 e. The Kier molecular flexibility index (Phi) is 7.44. The molecule has 0 N–H and O–H groups in total. The van der Waals surface area contributed by atoms with Gasteiger partial charge < -0.3 is 4.90 Å². The molecule has 3 heterocycles. The number of fused-ring (bicyclic) bond motifs is 8. The van der Waals surface area contributed by atoms with Crippen molar-refractivity contribution in [3.8, 4) is 32.8 Å². The van der Waals surface area contributed by atoms with Gasteiger partial charge in [-0.15, -0.1) is 34.0 Å². The van der Waals surface area contributed by atoms with E-state index in [1.165, 1.54) is 78.5 Å². The molecule has 8 aromatic carbocycles. The van der Waals surface area contributed by atoms with Crippen molar-refractivity contribution in [2.45, 2.75) is 0 Å². The van der Waals surface area contributed by atoms with Gasteiger partial charge in [0.15, 0.2) is 0 Å². The fourth-order valence-corrected chi connectivity index (χ4v) is 11.0. The molecule has 0 aliphatic rings. The lowest BCUT2D eigenvalue weighted by Gasteiger charge is -2.27. The third kappa shape index (κ3) is 5.24. The molecule has 0 radical (unpaired) electrons. The number of hydrogen-bond acceptors (Lipinski definition) is 5. The summed E-state index contributed by atoms with van der Waals surface area (Å²) < 4.78 is 6.38. The monoisotopic (exact) mass is 742 g/mol. The second kappa shape index (κ2) is 12.8. The summed E-state index contributed by atoms with van der Waals surface area (Å²) in [5, 5.41) is 6.18. The summed E-state index contributed by atoms with van der Waals surface area (Å²) in [5.74, 6) is 0. The number of anilines is 3. The third-order valence-corrected chi connectivity index (χ3v) is 13.7. The number of hydrogen-bond donors (Lipinski definition) is 0.